The second kappa shape index (κ2) is 14.2. The Bertz CT molecular complexity index is 1110. The molecule has 0 bridgehead atoms. The van der Waals surface area contributed by atoms with Crippen molar-refractivity contribution in [3.8, 4) is 0 Å². The van der Waals surface area contributed by atoms with Gasteiger partial charge in [-0.2, -0.15) is 0 Å². The Morgan fingerprint density at radius 3 is 2.18 bits per heavy atom. The van der Waals surface area contributed by atoms with Crippen LogP contribution in [-0.4, -0.2) is 40.5 Å². The molecule has 0 aliphatic heterocycles. The van der Waals surface area contributed by atoms with Gasteiger partial charge in [0, 0.05) is 12.6 Å². The van der Waals surface area contributed by atoms with E-state index in [0.29, 0.717) is 19.4 Å². The van der Waals surface area contributed by atoms with E-state index in [1.165, 1.54) is 0 Å². The molecule has 2 aromatic carbocycles. The summed E-state index contributed by atoms with van der Waals surface area (Å²) in [6, 6.07) is 13.7. The number of hydrogen-bond acceptors (Lipinski definition) is 4. The summed E-state index contributed by atoms with van der Waals surface area (Å²) < 4.78 is 5.48. The van der Waals surface area contributed by atoms with E-state index < -0.39 is 23.8 Å². The average molecular weight is 538 g/mol. The third-order valence-electron chi connectivity index (χ3n) is 6.58. The van der Waals surface area contributed by atoms with Crippen LogP contribution in [0.25, 0.3) is 0 Å². The minimum absolute atomic E-state index is 0.124. The van der Waals surface area contributed by atoms with E-state index in [1.54, 1.807) is 25.7 Å². The average Bonchev–Trinajstić information content (AvgIpc) is 2.85. The van der Waals surface area contributed by atoms with Crippen molar-refractivity contribution >= 4 is 17.9 Å². The van der Waals surface area contributed by atoms with Gasteiger partial charge in [-0.05, 0) is 77.0 Å². The van der Waals surface area contributed by atoms with Crippen LogP contribution in [0.5, 0.6) is 0 Å². The molecule has 0 spiro atoms. The third kappa shape index (κ3) is 9.72. The highest BCUT2D eigenvalue weighted by molar-refractivity contribution is 5.92. The lowest BCUT2D eigenvalue weighted by Gasteiger charge is -2.39. The Morgan fingerprint density at radius 2 is 1.62 bits per heavy atom. The second-order valence-corrected chi connectivity index (χ2v) is 11.8. The topological polar surface area (TPSA) is 87.7 Å². The van der Waals surface area contributed by atoms with E-state index in [-0.39, 0.29) is 23.8 Å². The van der Waals surface area contributed by atoms with Gasteiger partial charge < -0.3 is 20.3 Å². The number of benzene rings is 2. The molecule has 2 aromatic rings. The molecule has 3 atom stereocenters. The van der Waals surface area contributed by atoms with Crippen LogP contribution in [0.15, 0.2) is 48.5 Å². The summed E-state index contributed by atoms with van der Waals surface area (Å²) in [4.78, 5) is 42.8. The van der Waals surface area contributed by atoms with Crippen LogP contribution >= 0.6 is 0 Å². The second-order valence-electron chi connectivity index (χ2n) is 11.8. The number of nitrogens with one attached hydrogen (secondary N) is 2. The molecule has 3 amide bonds. The quantitative estimate of drug-likeness (QED) is 0.356. The van der Waals surface area contributed by atoms with Gasteiger partial charge in [0.1, 0.15) is 17.7 Å². The molecule has 0 saturated heterocycles. The maximum absolute atomic E-state index is 14.3. The van der Waals surface area contributed by atoms with E-state index in [2.05, 4.69) is 10.6 Å². The zero-order valence-corrected chi connectivity index (χ0v) is 25.1. The van der Waals surface area contributed by atoms with E-state index in [0.717, 1.165) is 22.3 Å². The van der Waals surface area contributed by atoms with Crippen molar-refractivity contribution in [1.29, 1.82) is 0 Å². The van der Waals surface area contributed by atoms with Crippen LogP contribution in [0.2, 0.25) is 0 Å². The Balaban J connectivity index is 2.55. The molecular formula is C32H47N3O4. The van der Waals surface area contributed by atoms with Crippen LogP contribution in [-0.2, 0) is 20.9 Å². The molecule has 0 saturated carbocycles. The van der Waals surface area contributed by atoms with Crippen molar-refractivity contribution in [2.24, 2.45) is 5.92 Å². The highest BCUT2D eigenvalue weighted by Gasteiger charge is 2.39. The van der Waals surface area contributed by atoms with Gasteiger partial charge >= 0.3 is 6.09 Å². The molecule has 2 rings (SSSR count). The summed E-state index contributed by atoms with van der Waals surface area (Å²) in [7, 11) is 0. The van der Waals surface area contributed by atoms with Crippen LogP contribution in [0, 0.1) is 19.8 Å². The number of rotatable bonds is 11. The molecule has 214 valence electrons. The smallest absolute Gasteiger partial charge is 0.408 e. The van der Waals surface area contributed by atoms with Crippen molar-refractivity contribution in [2.75, 3.05) is 0 Å². The molecule has 0 aromatic heterocycles. The minimum atomic E-state index is -0.869. The summed E-state index contributed by atoms with van der Waals surface area (Å²) in [5, 5.41) is 5.87. The summed E-state index contributed by atoms with van der Waals surface area (Å²) in [6.45, 7) is 17.6. The van der Waals surface area contributed by atoms with Crippen LogP contribution in [0.3, 0.4) is 0 Å². The van der Waals surface area contributed by atoms with Gasteiger partial charge in [-0.15, -0.1) is 0 Å². The fourth-order valence-electron chi connectivity index (χ4n) is 4.47. The number of ether oxygens (including phenoxy) is 1. The van der Waals surface area contributed by atoms with Crippen molar-refractivity contribution in [2.45, 2.75) is 105 Å². The van der Waals surface area contributed by atoms with E-state index >= 15 is 0 Å². The van der Waals surface area contributed by atoms with Crippen LogP contribution in [0.4, 0.5) is 4.79 Å². The lowest BCUT2D eigenvalue weighted by Crippen LogP contribution is -2.55. The molecule has 3 unspecified atom stereocenters. The fraction of sp³-hybridized carbons (Fsp3) is 0.531. The Labute approximate surface area is 234 Å². The fourth-order valence-corrected chi connectivity index (χ4v) is 4.47. The number of amides is 3. The summed E-state index contributed by atoms with van der Waals surface area (Å²) >= 11 is 0. The highest BCUT2D eigenvalue weighted by atomic mass is 16.6. The van der Waals surface area contributed by atoms with Crippen LogP contribution < -0.4 is 10.6 Å². The zero-order valence-electron chi connectivity index (χ0n) is 25.1. The van der Waals surface area contributed by atoms with Crippen molar-refractivity contribution in [1.82, 2.24) is 15.5 Å². The number of carbonyl (C=O) groups excluding carboxylic acids is 3. The monoisotopic (exact) mass is 537 g/mol. The first-order valence-corrected chi connectivity index (χ1v) is 13.9. The molecule has 2 N–H and O–H groups in total. The van der Waals surface area contributed by atoms with E-state index in [9.17, 15) is 14.4 Å². The van der Waals surface area contributed by atoms with Crippen LogP contribution in [0.1, 0.15) is 89.6 Å². The largest absolute Gasteiger partial charge is 0.444 e. The number of hydrogen-bond donors (Lipinski definition) is 2. The number of aryl methyl sites for hydroxylation is 2. The highest BCUT2D eigenvalue weighted by Crippen LogP contribution is 2.30. The van der Waals surface area contributed by atoms with E-state index in [4.69, 9.17) is 4.74 Å². The predicted octanol–water partition coefficient (Wildman–Crippen LogP) is 6.23. The lowest BCUT2D eigenvalue weighted by atomic mass is 9.93. The minimum Gasteiger partial charge on any atom is -0.444 e. The maximum Gasteiger partial charge on any atom is 0.408 e. The molecule has 0 heterocycles. The molecule has 0 aliphatic rings. The molecular weight excluding hydrogens is 490 g/mol. The molecule has 0 fully saturated rings. The molecule has 39 heavy (non-hydrogen) atoms. The van der Waals surface area contributed by atoms with Gasteiger partial charge in [-0.1, -0.05) is 74.9 Å². The Morgan fingerprint density at radius 1 is 0.974 bits per heavy atom. The summed E-state index contributed by atoms with van der Waals surface area (Å²) in [6.07, 6.45) is 0.401. The summed E-state index contributed by atoms with van der Waals surface area (Å²) in [5.74, 6) is -0.440. The third-order valence-corrected chi connectivity index (χ3v) is 6.58. The molecule has 0 aliphatic carbocycles. The van der Waals surface area contributed by atoms with Gasteiger partial charge in [-0.3, -0.25) is 9.59 Å². The summed E-state index contributed by atoms with van der Waals surface area (Å²) in [5.41, 5.74) is 2.96. The van der Waals surface area contributed by atoms with Crippen molar-refractivity contribution in [3.63, 3.8) is 0 Å². The Hall–Kier alpha value is -3.35. The standard InChI is InChI=1S/C32H47N3O4/c1-10-24(6)35(30(37)27(18-21(2)3)34-31(38)39-32(7,8)9)28(26-19-22(4)16-17-23(26)5)29(36)33-20-25-14-12-11-13-15-25/h11-17,19,21,24,27-28H,10,18,20H2,1-9H3,(H,33,36)(H,34,38). The zero-order chi connectivity index (χ0) is 29.3. The van der Waals surface area contributed by atoms with Gasteiger partial charge in [0.05, 0.1) is 0 Å². The van der Waals surface area contributed by atoms with Crippen molar-refractivity contribution in [3.05, 3.63) is 70.8 Å². The number of nitrogens with zero attached hydrogens (tertiary/aromatic N) is 1. The SMILES string of the molecule is CCC(C)N(C(=O)C(CC(C)C)NC(=O)OC(C)(C)C)C(C(=O)NCc1ccccc1)c1cc(C)ccc1C. The molecule has 0 radical (unpaired) electrons. The maximum atomic E-state index is 14.3. The van der Waals surface area contributed by atoms with Gasteiger partial charge in [0.2, 0.25) is 11.8 Å². The first-order valence-electron chi connectivity index (χ1n) is 13.9. The lowest BCUT2D eigenvalue weighted by molar-refractivity contribution is -0.145. The van der Waals surface area contributed by atoms with E-state index in [1.807, 2.05) is 90.1 Å². The first kappa shape index (κ1) is 31.9. The van der Waals surface area contributed by atoms with Gasteiger partial charge in [-0.25, -0.2) is 4.79 Å². The Kier molecular flexibility index (Phi) is 11.6. The molecule has 7 heteroatoms. The normalized spacial score (nSPS) is 13.8. The number of alkyl carbamates (subject to hydrolysis) is 1. The van der Waals surface area contributed by atoms with Crippen molar-refractivity contribution < 1.29 is 19.1 Å². The first-order chi connectivity index (χ1) is 18.2. The van der Waals surface area contributed by atoms with Gasteiger partial charge in [0.25, 0.3) is 0 Å². The predicted molar refractivity (Wildman–Crippen MR) is 156 cm³/mol. The molecule has 7 nitrogen and oxygen atoms in total. The van der Waals surface area contributed by atoms with Gasteiger partial charge in [0.15, 0.2) is 0 Å². The number of carbonyl (C=O) groups is 3.